The summed E-state index contributed by atoms with van der Waals surface area (Å²) in [7, 11) is 0. The van der Waals surface area contributed by atoms with E-state index in [9.17, 15) is 4.79 Å². The molecule has 138 valence electrons. The number of rotatable bonds is 8. The van der Waals surface area contributed by atoms with Gasteiger partial charge in [-0.1, -0.05) is 107 Å². The highest BCUT2D eigenvalue weighted by Crippen LogP contribution is 2.27. The van der Waals surface area contributed by atoms with Gasteiger partial charge >= 0.3 is 5.97 Å². The Hall–Kier alpha value is -2.43. The Morgan fingerprint density at radius 3 is 1.78 bits per heavy atom. The summed E-state index contributed by atoms with van der Waals surface area (Å²) in [6, 6.07) is 29.3. The molecule has 0 aromatic heterocycles. The Kier molecular flexibility index (Phi) is 7.19. The minimum absolute atomic E-state index is 0.240. The van der Waals surface area contributed by atoms with E-state index in [1.807, 2.05) is 91.0 Å². The molecule has 3 rings (SSSR count). The highest BCUT2D eigenvalue weighted by molar-refractivity contribution is 9.10. The maximum atomic E-state index is 12.6. The smallest absolute Gasteiger partial charge is 0.323 e. The molecule has 4 heteroatoms. The van der Waals surface area contributed by atoms with Gasteiger partial charge in [0, 0.05) is 0 Å². The van der Waals surface area contributed by atoms with Crippen molar-refractivity contribution in [2.75, 3.05) is 6.61 Å². The van der Waals surface area contributed by atoms with Gasteiger partial charge in [0.1, 0.15) is 4.83 Å². The summed E-state index contributed by atoms with van der Waals surface area (Å²) in [5, 5.41) is 0. The summed E-state index contributed by atoms with van der Waals surface area (Å²) >= 11 is 3.39. The van der Waals surface area contributed by atoms with Crippen molar-refractivity contribution in [2.24, 2.45) is 0 Å². The Bertz CT molecular complexity index is 783. The average Bonchev–Trinajstić information content (AvgIpc) is 2.74. The Labute approximate surface area is 168 Å². The van der Waals surface area contributed by atoms with Crippen molar-refractivity contribution in [3.63, 3.8) is 0 Å². The van der Waals surface area contributed by atoms with Crippen LogP contribution in [0.2, 0.25) is 0 Å². The molecule has 0 N–H and O–H groups in total. The van der Waals surface area contributed by atoms with Crippen LogP contribution < -0.4 is 0 Å². The van der Waals surface area contributed by atoms with Crippen LogP contribution >= 0.6 is 15.9 Å². The van der Waals surface area contributed by atoms with E-state index in [1.165, 1.54) is 0 Å². The number of alkyl halides is 1. The molecule has 3 nitrogen and oxygen atoms in total. The van der Waals surface area contributed by atoms with Crippen molar-refractivity contribution in [3.8, 4) is 0 Å². The third-order valence-electron chi connectivity index (χ3n) is 4.07. The molecule has 0 bridgehead atoms. The summed E-state index contributed by atoms with van der Waals surface area (Å²) in [6.45, 7) is 0.695. The standard InChI is InChI=1S/C23H21BrO3/c24-21(17-26-16-18-10-4-1-5-11-18)23(25)27-22(19-12-6-2-7-13-19)20-14-8-3-9-15-20/h1-15,21-22H,16-17H2/t21-/m0/s1. The zero-order chi connectivity index (χ0) is 18.9. The Morgan fingerprint density at radius 1 is 0.778 bits per heavy atom. The van der Waals surface area contributed by atoms with Gasteiger partial charge < -0.3 is 9.47 Å². The quantitative estimate of drug-likeness (QED) is 0.363. The Balaban J connectivity index is 1.62. The van der Waals surface area contributed by atoms with E-state index in [4.69, 9.17) is 9.47 Å². The number of carbonyl (C=O) groups excluding carboxylic acids is 1. The predicted molar refractivity (Wildman–Crippen MR) is 110 cm³/mol. The van der Waals surface area contributed by atoms with Gasteiger partial charge in [-0.05, 0) is 16.7 Å². The van der Waals surface area contributed by atoms with Crippen LogP contribution in [-0.4, -0.2) is 17.4 Å². The van der Waals surface area contributed by atoms with Crippen molar-refractivity contribution >= 4 is 21.9 Å². The fourth-order valence-corrected chi connectivity index (χ4v) is 2.99. The summed E-state index contributed by atoms with van der Waals surface area (Å²) < 4.78 is 11.5. The van der Waals surface area contributed by atoms with Gasteiger partial charge in [-0.15, -0.1) is 0 Å². The van der Waals surface area contributed by atoms with Crippen LogP contribution in [0, 0.1) is 0 Å². The first-order valence-electron chi connectivity index (χ1n) is 8.80. The zero-order valence-corrected chi connectivity index (χ0v) is 16.4. The molecular weight excluding hydrogens is 404 g/mol. The number of ether oxygens (including phenoxy) is 2. The SMILES string of the molecule is O=C(OC(c1ccccc1)c1ccccc1)[C@@H](Br)COCc1ccccc1. The molecule has 0 radical (unpaired) electrons. The van der Waals surface area contributed by atoms with Crippen molar-refractivity contribution in [1.82, 2.24) is 0 Å². The van der Waals surface area contributed by atoms with Gasteiger partial charge in [0.05, 0.1) is 13.2 Å². The molecule has 0 aliphatic rings. The van der Waals surface area contributed by atoms with E-state index in [0.717, 1.165) is 16.7 Å². The second-order valence-corrected chi connectivity index (χ2v) is 7.21. The van der Waals surface area contributed by atoms with Crippen LogP contribution in [0.25, 0.3) is 0 Å². The van der Waals surface area contributed by atoms with Gasteiger partial charge in [0.25, 0.3) is 0 Å². The molecule has 0 saturated carbocycles. The van der Waals surface area contributed by atoms with Crippen LogP contribution in [0.4, 0.5) is 0 Å². The Morgan fingerprint density at radius 2 is 1.26 bits per heavy atom. The van der Waals surface area contributed by atoms with Crippen molar-refractivity contribution in [1.29, 1.82) is 0 Å². The summed E-state index contributed by atoms with van der Waals surface area (Å²) in [4.78, 5) is 12.1. The van der Waals surface area contributed by atoms with Gasteiger partial charge in [0.15, 0.2) is 6.10 Å². The maximum Gasteiger partial charge on any atom is 0.323 e. The summed E-state index contributed by atoms with van der Waals surface area (Å²) in [5.74, 6) is -0.347. The third kappa shape index (κ3) is 5.78. The fourth-order valence-electron chi connectivity index (χ4n) is 2.70. The van der Waals surface area contributed by atoms with Crippen LogP contribution in [0.3, 0.4) is 0 Å². The maximum absolute atomic E-state index is 12.6. The minimum atomic E-state index is -0.531. The van der Waals surface area contributed by atoms with E-state index in [-0.39, 0.29) is 12.6 Å². The first-order valence-corrected chi connectivity index (χ1v) is 9.72. The second kappa shape index (κ2) is 10.0. The van der Waals surface area contributed by atoms with E-state index >= 15 is 0 Å². The topological polar surface area (TPSA) is 35.5 Å². The lowest BCUT2D eigenvalue weighted by molar-refractivity contribution is -0.147. The van der Waals surface area contributed by atoms with Crippen LogP contribution in [0.1, 0.15) is 22.8 Å². The number of halogens is 1. The lowest BCUT2D eigenvalue weighted by atomic mass is 10.0. The highest BCUT2D eigenvalue weighted by atomic mass is 79.9. The summed E-state index contributed by atoms with van der Waals surface area (Å²) in [5.41, 5.74) is 2.93. The number of hydrogen-bond donors (Lipinski definition) is 0. The molecule has 0 spiro atoms. The van der Waals surface area contributed by atoms with Crippen molar-refractivity contribution in [3.05, 3.63) is 108 Å². The predicted octanol–water partition coefficient (Wildman–Crippen LogP) is 5.30. The number of esters is 1. The zero-order valence-electron chi connectivity index (χ0n) is 14.8. The molecule has 0 fully saturated rings. The molecule has 0 aliphatic heterocycles. The first-order chi connectivity index (χ1) is 13.2. The van der Waals surface area contributed by atoms with E-state index in [1.54, 1.807) is 0 Å². The number of benzene rings is 3. The van der Waals surface area contributed by atoms with Gasteiger partial charge in [-0.2, -0.15) is 0 Å². The molecular formula is C23H21BrO3. The molecule has 0 aliphatic carbocycles. The van der Waals surface area contributed by atoms with Crippen LogP contribution in [-0.2, 0) is 20.9 Å². The molecule has 1 atom stereocenters. The van der Waals surface area contributed by atoms with Crippen molar-refractivity contribution < 1.29 is 14.3 Å². The lowest BCUT2D eigenvalue weighted by Gasteiger charge is -2.20. The van der Waals surface area contributed by atoms with E-state index in [0.29, 0.717) is 6.61 Å². The van der Waals surface area contributed by atoms with Gasteiger partial charge in [-0.25, -0.2) is 0 Å². The lowest BCUT2D eigenvalue weighted by Crippen LogP contribution is -2.25. The number of carbonyl (C=O) groups is 1. The van der Waals surface area contributed by atoms with E-state index < -0.39 is 10.9 Å². The largest absolute Gasteiger partial charge is 0.452 e. The normalized spacial score (nSPS) is 11.9. The molecule has 0 heterocycles. The third-order valence-corrected chi connectivity index (χ3v) is 4.71. The molecule has 3 aromatic carbocycles. The minimum Gasteiger partial charge on any atom is -0.452 e. The first kappa shape index (κ1) is 19.3. The highest BCUT2D eigenvalue weighted by Gasteiger charge is 2.24. The average molecular weight is 425 g/mol. The van der Waals surface area contributed by atoms with Crippen LogP contribution in [0.15, 0.2) is 91.0 Å². The monoisotopic (exact) mass is 424 g/mol. The molecule has 0 unspecified atom stereocenters. The van der Waals surface area contributed by atoms with Crippen molar-refractivity contribution in [2.45, 2.75) is 17.5 Å². The second-order valence-electron chi connectivity index (χ2n) is 6.11. The van der Waals surface area contributed by atoms with Gasteiger partial charge in [0.2, 0.25) is 0 Å². The molecule has 0 amide bonds. The molecule has 0 saturated heterocycles. The summed E-state index contributed by atoms with van der Waals surface area (Å²) in [6.07, 6.45) is -0.450. The van der Waals surface area contributed by atoms with Crippen LogP contribution in [0.5, 0.6) is 0 Å². The van der Waals surface area contributed by atoms with E-state index in [2.05, 4.69) is 15.9 Å². The molecule has 3 aromatic rings. The molecule has 27 heavy (non-hydrogen) atoms. The fraction of sp³-hybridized carbons (Fsp3) is 0.174. The number of hydrogen-bond acceptors (Lipinski definition) is 3. The van der Waals surface area contributed by atoms with Gasteiger partial charge in [-0.3, -0.25) is 4.79 Å².